The minimum absolute atomic E-state index is 0.128. The smallest absolute Gasteiger partial charge is 0.257 e. The molecule has 0 saturated carbocycles. The molecule has 3 rings (SSSR count). The average molecular weight is 422 g/mol. The maximum Gasteiger partial charge on any atom is 0.257 e. The number of rotatable bonds is 5. The summed E-state index contributed by atoms with van der Waals surface area (Å²) in [6.07, 6.45) is 0. The summed E-state index contributed by atoms with van der Waals surface area (Å²) in [6, 6.07) is 13.0. The summed E-state index contributed by atoms with van der Waals surface area (Å²) < 4.78 is 25.3. The van der Waals surface area contributed by atoms with Crippen LogP contribution >= 0.6 is 22.9 Å². The van der Waals surface area contributed by atoms with Crippen LogP contribution in [0.25, 0.3) is 11.3 Å². The highest BCUT2D eigenvalue weighted by atomic mass is 35.5. The fourth-order valence-electron chi connectivity index (χ4n) is 2.24. The quantitative estimate of drug-likeness (QED) is 0.676. The predicted octanol–water partition coefficient (Wildman–Crippen LogP) is 3.97. The molecule has 0 spiro atoms. The molecule has 2 aromatic carbocycles. The van der Waals surface area contributed by atoms with Crippen molar-refractivity contribution in [2.45, 2.75) is 4.90 Å². The summed E-state index contributed by atoms with van der Waals surface area (Å²) in [5, 5.41) is 5.66. The van der Waals surface area contributed by atoms with Gasteiger partial charge in [0, 0.05) is 35.6 Å². The Morgan fingerprint density at radius 2 is 1.70 bits per heavy atom. The van der Waals surface area contributed by atoms with Crippen molar-refractivity contribution in [1.29, 1.82) is 0 Å². The monoisotopic (exact) mass is 421 g/mol. The van der Waals surface area contributed by atoms with Crippen molar-refractivity contribution in [3.05, 3.63) is 64.5 Å². The first-order chi connectivity index (χ1) is 12.8. The van der Waals surface area contributed by atoms with E-state index in [0.717, 1.165) is 15.6 Å². The van der Waals surface area contributed by atoms with Gasteiger partial charge in [0.25, 0.3) is 5.91 Å². The molecule has 3 aromatic rings. The molecule has 140 valence electrons. The van der Waals surface area contributed by atoms with Gasteiger partial charge < -0.3 is 0 Å². The van der Waals surface area contributed by atoms with Gasteiger partial charge in [0.1, 0.15) is 0 Å². The van der Waals surface area contributed by atoms with E-state index in [4.69, 9.17) is 11.6 Å². The van der Waals surface area contributed by atoms with Crippen molar-refractivity contribution in [2.75, 3.05) is 19.4 Å². The Bertz CT molecular complexity index is 1060. The molecular formula is C18H16ClN3O3S2. The minimum atomic E-state index is -3.53. The van der Waals surface area contributed by atoms with E-state index in [0.29, 0.717) is 15.7 Å². The van der Waals surface area contributed by atoms with Crippen LogP contribution in [0.2, 0.25) is 5.02 Å². The van der Waals surface area contributed by atoms with Gasteiger partial charge in [-0.3, -0.25) is 10.1 Å². The summed E-state index contributed by atoms with van der Waals surface area (Å²) in [4.78, 5) is 16.9. The summed E-state index contributed by atoms with van der Waals surface area (Å²) in [5.41, 5.74) is 1.98. The van der Waals surface area contributed by atoms with Crippen molar-refractivity contribution in [2.24, 2.45) is 0 Å². The number of benzene rings is 2. The molecule has 0 bridgehead atoms. The van der Waals surface area contributed by atoms with E-state index in [9.17, 15) is 13.2 Å². The van der Waals surface area contributed by atoms with E-state index in [1.807, 2.05) is 17.5 Å². The highest BCUT2D eigenvalue weighted by molar-refractivity contribution is 7.89. The predicted molar refractivity (Wildman–Crippen MR) is 108 cm³/mol. The molecule has 27 heavy (non-hydrogen) atoms. The molecular weight excluding hydrogens is 406 g/mol. The van der Waals surface area contributed by atoms with Gasteiger partial charge in [-0.05, 0) is 36.4 Å². The van der Waals surface area contributed by atoms with Crippen molar-refractivity contribution < 1.29 is 13.2 Å². The fourth-order valence-corrected chi connectivity index (χ4v) is 3.99. The first-order valence-corrected chi connectivity index (χ1v) is 10.5. The van der Waals surface area contributed by atoms with Crippen LogP contribution in [0.15, 0.2) is 58.8 Å². The van der Waals surface area contributed by atoms with Gasteiger partial charge in [-0.2, -0.15) is 0 Å². The van der Waals surface area contributed by atoms with Crippen LogP contribution < -0.4 is 5.32 Å². The molecule has 0 unspecified atom stereocenters. The zero-order chi connectivity index (χ0) is 19.6. The van der Waals surface area contributed by atoms with E-state index in [-0.39, 0.29) is 10.8 Å². The van der Waals surface area contributed by atoms with Gasteiger partial charge in [0.2, 0.25) is 10.0 Å². The number of aromatic nitrogens is 1. The Kier molecular flexibility index (Phi) is 5.61. The molecule has 0 aliphatic carbocycles. The second-order valence-corrected chi connectivity index (χ2v) is 9.26. The van der Waals surface area contributed by atoms with E-state index in [1.54, 1.807) is 12.1 Å². The van der Waals surface area contributed by atoms with Crippen molar-refractivity contribution in [3.8, 4) is 11.3 Å². The van der Waals surface area contributed by atoms with Crippen LogP contribution in [0.4, 0.5) is 5.13 Å². The number of thiazole rings is 1. The molecule has 6 nitrogen and oxygen atoms in total. The number of halogens is 1. The molecule has 1 aromatic heterocycles. The van der Waals surface area contributed by atoms with E-state index in [2.05, 4.69) is 10.3 Å². The van der Waals surface area contributed by atoms with Crippen molar-refractivity contribution >= 4 is 44.0 Å². The Hall–Kier alpha value is -2.26. The first kappa shape index (κ1) is 19.5. The van der Waals surface area contributed by atoms with Gasteiger partial charge >= 0.3 is 0 Å². The molecule has 9 heteroatoms. The topological polar surface area (TPSA) is 79.4 Å². The molecule has 1 amide bonds. The van der Waals surface area contributed by atoms with Crippen LogP contribution in [0.1, 0.15) is 10.4 Å². The van der Waals surface area contributed by atoms with Gasteiger partial charge in [0.05, 0.1) is 10.6 Å². The Balaban J connectivity index is 1.73. The van der Waals surface area contributed by atoms with Crippen molar-refractivity contribution in [1.82, 2.24) is 9.29 Å². The molecule has 0 aliphatic rings. The summed E-state index contributed by atoms with van der Waals surface area (Å²) in [5.74, 6) is -0.360. The Morgan fingerprint density at radius 3 is 2.30 bits per heavy atom. The number of sulfonamides is 1. The van der Waals surface area contributed by atoms with Gasteiger partial charge in [-0.1, -0.05) is 23.7 Å². The Morgan fingerprint density at radius 1 is 1.07 bits per heavy atom. The third kappa shape index (κ3) is 4.36. The lowest BCUT2D eigenvalue weighted by molar-refractivity contribution is 0.102. The highest BCUT2D eigenvalue weighted by Crippen LogP contribution is 2.26. The maximum absolute atomic E-state index is 12.4. The summed E-state index contributed by atoms with van der Waals surface area (Å²) >= 11 is 7.19. The third-order valence-electron chi connectivity index (χ3n) is 3.76. The van der Waals surface area contributed by atoms with Crippen LogP contribution in [0.5, 0.6) is 0 Å². The average Bonchev–Trinajstić information content (AvgIpc) is 3.10. The molecule has 0 fully saturated rings. The van der Waals surface area contributed by atoms with E-state index in [1.165, 1.54) is 49.7 Å². The number of carbonyl (C=O) groups excluding carboxylic acids is 1. The Labute approximate surface area is 166 Å². The second kappa shape index (κ2) is 7.77. The largest absolute Gasteiger partial charge is 0.298 e. The molecule has 1 heterocycles. The van der Waals surface area contributed by atoms with Gasteiger partial charge in [-0.25, -0.2) is 17.7 Å². The second-order valence-electron chi connectivity index (χ2n) is 5.81. The number of hydrogen-bond donors (Lipinski definition) is 1. The summed E-state index contributed by atoms with van der Waals surface area (Å²) in [6.45, 7) is 0. The molecule has 0 saturated heterocycles. The number of anilines is 1. The normalized spacial score (nSPS) is 11.6. The van der Waals surface area contributed by atoms with E-state index < -0.39 is 10.0 Å². The zero-order valence-electron chi connectivity index (χ0n) is 14.5. The first-order valence-electron chi connectivity index (χ1n) is 7.83. The van der Waals surface area contributed by atoms with Crippen LogP contribution in [-0.4, -0.2) is 37.7 Å². The highest BCUT2D eigenvalue weighted by Gasteiger charge is 2.18. The van der Waals surface area contributed by atoms with Crippen LogP contribution in [0.3, 0.4) is 0 Å². The third-order valence-corrected chi connectivity index (χ3v) is 6.60. The number of nitrogens with zero attached hydrogens (tertiary/aromatic N) is 2. The van der Waals surface area contributed by atoms with Crippen LogP contribution in [-0.2, 0) is 10.0 Å². The van der Waals surface area contributed by atoms with Crippen molar-refractivity contribution in [3.63, 3.8) is 0 Å². The maximum atomic E-state index is 12.4. The number of carbonyl (C=O) groups is 1. The standard InChI is InChI=1S/C18H16ClN3O3S2/c1-22(2)27(24,25)15-9-5-13(6-10-15)17(23)21-18-20-16(11-26-18)12-3-7-14(19)8-4-12/h3-11H,1-2H3,(H,20,21,23). The van der Waals surface area contributed by atoms with E-state index >= 15 is 0 Å². The molecule has 1 N–H and O–H groups in total. The van der Waals surface area contributed by atoms with Crippen LogP contribution in [0, 0.1) is 0 Å². The lowest BCUT2D eigenvalue weighted by atomic mass is 10.2. The molecule has 0 aliphatic heterocycles. The van der Waals surface area contributed by atoms with Gasteiger partial charge in [0.15, 0.2) is 5.13 Å². The SMILES string of the molecule is CN(C)S(=O)(=O)c1ccc(C(=O)Nc2nc(-c3ccc(Cl)cc3)cs2)cc1. The fraction of sp³-hybridized carbons (Fsp3) is 0.111. The zero-order valence-corrected chi connectivity index (χ0v) is 16.9. The summed E-state index contributed by atoms with van der Waals surface area (Å²) in [7, 11) is -0.617. The van der Waals surface area contributed by atoms with Gasteiger partial charge in [-0.15, -0.1) is 11.3 Å². The lowest BCUT2D eigenvalue weighted by Crippen LogP contribution is -2.22. The minimum Gasteiger partial charge on any atom is -0.298 e. The number of nitrogens with one attached hydrogen (secondary N) is 1. The lowest BCUT2D eigenvalue weighted by Gasteiger charge is -2.11. The molecule has 0 radical (unpaired) electrons. The molecule has 0 atom stereocenters. The number of amides is 1. The number of hydrogen-bond acceptors (Lipinski definition) is 5.